The second-order valence-electron chi connectivity index (χ2n) is 6.12. The molecule has 1 atom stereocenters. The molecular weight excluding hydrogens is 338 g/mol. The number of aryl methyl sites for hydroxylation is 2. The van der Waals surface area contributed by atoms with Crippen molar-refractivity contribution in [2.24, 2.45) is 0 Å². The number of carboxylic acid groups (broad SMARTS) is 1. The second-order valence-corrected chi connectivity index (χ2v) is 7.16. The van der Waals surface area contributed by atoms with Crippen LogP contribution in [0.4, 0.5) is 4.79 Å². The van der Waals surface area contributed by atoms with Gasteiger partial charge in [0.15, 0.2) is 0 Å². The Balaban J connectivity index is 0. The van der Waals surface area contributed by atoms with Gasteiger partial charge in [-0.3, -0.25) is 4.79 Å². The van der Waals surface area contributed by atoms with E-state index in [0.717, 1.165) is 0 Å². The fourth-order valence-corrected chi connectivity index (χ4v) is 1.95. The first-order valence-corrected chi connectivity index (χ1v) is 9.59. The lowest BCUT2D eigenvalue weighted by Crippen LogP contribution is -2.38. The van der Waals surface area contributed by atoms with Gasteiger partial charge in [0.25, 0.3) is 0 Å². The van der Waals surface area contributed by atoms with Gasteiger partial charge in [-0.2, -0.15) is 0 Å². The van der Waals surface area contributed by atoms with Crippen molar-refractivity contribution < 1.29 is 19.4 Å². The van der Waals surface area contributed by atoms with Crippen molar-refractivity contribution in [3.63, 3.8) is 0 Å². The van der Waals surface area contributed by atoms with E-state index in [2.05, 4.69) is 43.4 Å². The topological polar surface area (TPSA) is 75.6 Å². The van der Waals surface area contributed by atoms with Gasteiger partial charge in [-0.15, -0.1) is 11.8 Å². The smallest absolute Gasteiger partial charge is 0.408 e. The summed E-state index contributed by atoms with van der Waals surface area (Å²) in [5, 5.41) is 10.6. The Morgan fingerprint density at radius 3 is 1.80 bits per heavy atom. The van der Waals surface area contributed by atoms with E-state index in [9.17, 15) is 9.59 Å². The van der Waals surface area contributed by atoms with Crippen LogP contribution in [0.15, 0.2) is 24.3 Å². The lowest BCUT2D eigenvalue weighted by atomic mass is 10.2. The fourth-order valence-electron chi connectivity index (χ4n) is 1.43. The van der Waals surface area contributed by atoms with E-state index in [0.29, 0.717) is 0 Å². The normalized spacial score (nSPS) is 11.0. The Morgan fingerprint density at radius 2 is 1.52 bits per heavy atom. The molecule has 0 bridgehead atoms. The van der Waals surface area contributed by atoms with Gasteiger partial charge >= 0.3 is 12.1 Å². The van der Waals surface area contributed by atoms with Gasteiger partial charge in [-0.1, -0.05) is 49.2 Å². The van der Waals surface area contributed by atoms with Crippen LogP contribution in [0.2, 0.25) is 0 Å². The zero-order valence-corrected chi connectivity index (χ0v) is 17.5. The van der Waals surface area contributed by atoms with Gasteiger partial charge in [0.1, 0.15) is 5.60 Å². The average Bonchev–Trinajstić information content (AvgIpc) is 2.50. The van der Waals surface area contributed by atoms with Crippen LogP contribution >= 0.6 is 11.8 Å². The number of carbonyl (C=O) groups excluding carboxylic acids is 1. The van der Waals surface area contributed by atoms with E-state index in [1.807, 2.05) is 13.8 Å². The number of ether oxygens (including phenoxy) is 1. The Kier molecular flexibility index (Phi) is 13.9. The van der Waals surface area contributed by atoms with Gasteiger partial charge < -0.3 is 15.2 Å². The predicted molar refractivity (Wildman–Crippen MR) is 106 cm³/mol. The molecule has 1 aromatic carbocycles. The van der Waals surface area contributed by atoms with Crippen LogP contribution in [0.1, 0.15) is 52.2 Å². The maximum atomic E-state index is 11.3. The largest absolute Gasteiger partial charge is 0.481 e. The maximum Gasteiger partial charge on any atom is 0.408 e. The molecule has 1 rings (SSSR count). The summed E-state index contributed by atoms with van der Waals surface area (Å²) in [5.74, 6) is -0.953. The number of aliphatic carboxylic acids is 1. The second kappa shape index (κ2) is 13.6. The number of hydrogen-bond acceptors (Lipinski definition) is 4. The molecule has 5 nitrogen and oxygen atoms in total. The molecule has 0 aliphatic rings. The van der Waals surface area contributed by atoms with E-state index in [1.54, 1.807) is 27.0 Å². The van der Waals surface area contributed by atoms with Crippen LogP contribution in [0.25, 0.3) is 0 Å². The van der Waals surface area contributed by atoms with Crippen LogP contribution < -0.4 is 5.32 Å². The first-order chi connectivity index (χ1) is 11.5. The third-order valence-corrected chi connectivity index (χ3v) is 3.39. The summed E-state index contributed by atoms with van der Waals surface area (Å²) in [5.41, 5.74) is 2.09. The number of benzene rings is 1. The summed E-state index contributed by atoms with van der Waals surface area (Å²) in [6, 6.07) is 8.48. The minimum absolute atomic E-state index is 0.125. The highest BCUT2D eigenvalue weighted by Gasteiger charge is 2.20. The molecule has 25 heavy (non-hydrogen) atoms. The maximum absolute atomic E-state index is 11.3. The summed E-state index contributed by atoms with van der Waals surface area (Å²) in [4.78, 5) is 21.7. The fraction of sp³-hybridized carbons (Fsp3) is 0.579. The van der Waals surface area contributed by atoms with Crippen molar-refractivity contribution in [3.05, 3.63) is 35.4 Å². The monoisotopic (exact) mass is 371 g/mol. The van der Waals surface area contributed by atoms with Crippen LogP contribution in [0, 0.1) is 13.8 Å². The van der Waals surface area contributed by atoms with Crippen molar-refractivity contribution >= 4 is 23.8 Å². The lowest BCUT2D eigenvalue weighted by molar-refractivity contribution is -0.137. The predicted octanol–water partition coefficient (Wildman–Crippen LogP) is 5.00. The van der Waals surface area contributed by atoms with Crippen LogP contribution in [0.5, 0.6) is 0 Å². The molecule has 0 saturated heterocycles. The molecule has 0 aromatic heterocycles. The van der Waals surface area contributed by atoms with Gasteiger partial charge in [-0.25, -0.2) is 4.79 Å². The molecule has 0 heterocycles. The molecule has 0 saturated carbocycles. The molecular formula is C19H33NO4S. The molecule has 0 spiro atoms. The minimum atomic E-state index is -0.953. The lowest BCUT2D eigenvalue weighted by Gasteiger charge is -2.22. The number of hydrogen-bond donors (Lipinski definition) is 2. The number of alkyl carbamates (subject to hydrolysis) is 1. The van der Waals surface area contributed by atoms with Crippen molar-refractivity contribution in [1.29, 1.82) is 0 Å². The molecule has 0 fully saturated rings. The third-order valence-electron chi connectivity index (χ3n) is 2.54. The number of carboxylic acids is 1. The van der Waals surface area contributed by atoms with Crippen molar-refractivity contribution in [1.82, 2.24) is 5.32 Å². The molecule has 2 N–H and O–H groups in total. The summed E-state index contributed by atoms with van der Waals surface area (Å²) >= 11 is 1.26. The first-order valence-electron chi connectivity index (χ1n) is 8.31. The van der Waals surface area contributed by atoms with E-state index in [-0.39, 0.29) is 6.42 Å². The Bertz CT molecular complexity index is 474. The van der Waals surface area contributed by atoms with Gasteiger partial charge in [0.05, 0.1) is 11.8 Å². The number of nitrogens with one attached hydrogen (secondary N) is 1. The van der Waals surface area contributed by atoms with Crippen LogP contribution in [-0.4, -0.2) is 34.4 Å². The van der Waals surface area contributed by atoms with Crippen molar-refractivity contribution in [2.45, 2.75) is 65.9 Å². The molecule has 0 aliphatic carbocycles. The highest BCUT2D eigenvalue weighted by atomic mass is 32.2. The number of carbonyl (C=O) groups is 2. The molecule has 0 radical (unpaired) electrons. The average molecular weight is 372 g/mol. The van der Waals surface area contributed by atoms with E-state index >= 15 is 0 Å². The van der Waals surface area contributed by atoms with Gasteiger partial charge in [-0.05, 0) is 40.9 Å². The Labute approximate surface area is 156 Å². The summed E-state index contributed by atoms with van der Waals surface area (Å²) in [6.45, 7) is 13.4. The highest BCUT2D eigenvalue weighted by Crippen LogP contribution is 2.11. The SMILES string of the molecule is CC.CSC(CC(=O)O)NC(=O)OC(C)(C)C.Cc1ccc(C)cc1. The molecule has 1 unspecified atom stereocenters. The molecule has 1 aromatic rings. The Hall–Kier alpha value is -1.69. The molecule has 0 aliphatic heterocycles. The summed E-state index contributed by atoms with van der Waals surface area (Å²) in [6.07, 6.45) is 1.01. The zero-order chi connectivity index (χ0) is 20.0. The van der Waals surface area contributed by atoms with Crippen LogP contribution in [0.3, 0.4) is 0 Å². The van der Waals surface area contributed by atoms with E-state index < -0.39 is 23.0 Å². The highest BCUT2D eigenvalue weighted by molar-refractivity contribution is 7.99. The molecule has 144 valence electrons. The number of rotatable bonds is 4. The molecule has 6 heteroatoms. The zero-order valence-electron chi connectivity index (χ0n) is 16.7. The van der Waals surface area contributed by atoms with Gasteiger partial charge in [0, 0.05) is 0 Å². The Morgan fingerprint density at radius 1 is 1.12 bits per heavy atom. The number of thioether (sulfide) groups is 1. The van der Waals surface area contributed by atoms with E-state index in [4.69, 9.17) is 9.84 Å². The summed E-state index contributed by atoms with van der Waals surface area (Å²) in [7, 11) is 0. The third kappa shape index (κ3) is 16.9. The van der Waals surface area contributed by atoms with Crippen LogP contribution in [-0.2, 0) is 9.53 Å². The summed E-state index contributed by atoms with van der Waals surface area (Å²) < 4.78 is 5.00. The standard InChI is InChI=1S/C9H17NO4S.C8H10.C2H6/c1-9(2,3)14-8(13)10-6(15-4)5-7(11)12;1-7-3-5-8(2)6-4-7;1-2/h6H,5H2,1-4H3,(H,10,13)(H,11,12);3-6H,1-2H3;1-2H3. The molecule has 1 amide bonds. The van der Waals surface area contributed by atoms with E-state index in [1.165, 1.54) is 22.9 Å². The minimum Gasteiger partial charge on any atom is -0.481 e. The first kappa shape index (κ1) is 25.5. The van der Waals surface area contributed by atoms with Crippen molar-refractivity contribution in [2.75, 3.05) is 6.26 Å². The van der Waals surface area contributed by atoms with Crippen molar-refractivity contribution in [3.8, 4) is 0 Å². The van der Waals surface area contributed by atoms with Gasteiger partial charge in [0.2, 0.25) is 0 Å². The number of amides is 1. The quantitative estimate of drug-likeness (QED) is 0.728.